The lowest BCUT2D eigenvalue weighted by Gasteiger charge is -2.16. The molecule has 2 aromatic rings. The van der Waals surface area contributed by atoms with Crippen LogP contribution in [0.2, 0.25) is 5.02 Å². The monoisotopic (exact) mass is 317 g/mol. The van der Waals surface area contributed by atoms with Crippen LogP contribution in [-0.4, -0.2) is 12.5 Å². The molecule has 3 nitrogen and oxygen atoms in total. The molecule has 116 valence electrons. The highest BCUT2D eigenvalue weighted by molar-refractivity contribution is 6.30. The van der Waals surface area contributed by atoms with E-state index in [0.29, 0.717) is 10.8 Å². The van der Waals surface area contributed by atoms with Gasteiger partial charge in [0.15, 0.2) is 6.61 Å². The normalized spacial score (nSPS) is 11.8. The predicted octanol–water partition coefficient (Wildman–Crippen LogP) is 4.21. The number of amides is 1. The summed E-state index contributed by atoms with van der Waals surface area (Å²) in [5.41, 5.74) is 3.55. The van der Waals surface area contributed by atoms with Gasteiger partial charge in [-0.25, -0.2) is 0 Å². The summed E-state index contributed by atoms with van der Waals surface area (Å²) in [6.07, 6.45) is 0. The summed E-state index contributed by atoms with van der Waals surface area (Å²) in [6.45, 7) is 6.08. The fourth-order valence-corrected chi connectivity index (χ4v) is 2.21. The molecule has 2 aromatic carbocycles. The van der Waals surface area contributed by atoms with Gasteiger partial charge in [0.25, 0.3) is 5.91 Å². The van der Waals surface area contributed by atoms with Crippen molar-refractivity contribution < 1.29 is 9.53 Å². The van der Waals surface area contributed by atoms with Crippen molar-refractivity contribution in [3.05, 3.63) is 64.2 Å². The Morgan fingerprint density at radius 3 is 2.45 bits per heavy atom. The van der Waals surface area contributed by atoms with Crippen LogP contribution >= 0.6 is 11.6 Å². The quantitative estimate of drug-likeness (QED) is 0.897. The maximum absolute atomic E-state index is 12.0. The molecule has 2 rings (SSSR count). The van der Waals surface area contributed by atoms with E-state index in [0.717, 1.165) is 5.56 Å². The molecule has 1 amide bonds. The topological polar surface area (TPSA) is 38.3 Å². The highest BCUT2D eigenvalue weighted by Crippen LogP contribution is 2.17. The largest absolute Gasteiger partial charge is 0.484 e. The van der Waals surface area contributed by atoms with Crippen molar-refractivity contribution in [1.29, 1.82) is 0 Å². The Labute approximate surface area is 136 Å². The Morgan fingerprint density at radius 1 is 1.14 bits per heavy atom. The average Bonchev–Trinajstić information content (AvgIpc) is 2.49. The van der Waals surface area contributed by atoms with Gasteiger partial charge in [0.1, 0.15) is 5.75 Å². The van der Waals surface area contributed by atoms with Gasteiger partial charge < -0.3 is 10.1 Å². The maximum atomic E-state index is 12.0. The Morgan fingerprint density at radius 2 is 1.82 bits per heavy atom. The number of hydrogen-bond donors (Lipinski definition) is 1. The van der Waals surface area contributed by atoms with Gasteiger partial charge >= 0.3 is 0 Å². The zero-order valence-corrected chi connectivity index (χ0v) is 13.8. The number of hydrogen-bond acceptors (Lipinski definition) is 2. The molecule has 4 heteroatoms. The van der Waals surface area contributed by atoms with Crippen LogP contribution in [0.1, 0.15) is 29.7 Å². The Balaban J connectivity index is 1.88. The van der Waals surface area contributed by atoms with E-state index in [2.05, 4.69) is 31.3 Å². The van der Waals surface area contributed by atoms with Crippen LogP contribution in [0.3, 0.4) is 0 Å². The zero-order chi connectivity index (χ0) is 16.1. The van der Waals surface area contributed by atoms with Gasteiger partial charge in [0.2, 0.25) is 0 Å². The van der Waals surface area contributed by atoms with Gasteiger partial charge in [0, 0.05) is 5.02 Å². The molecule has 0 aliphatic carbocycles. The Hall–Kier alpha value is -2.00. The number of halogens is 1. The number of aryl methyl sites for hydroxylation is 2. The van der Waals surface area contributed by atoms with E-state index in [4.69, 9.17) is 16.3 Å². The molecule has 0 spiro atoms. The summed E-state index contributed by atoms with van der Waals surface area (Å²) in [4.78, 5) is 12.0. The van der Waals surface area contributed by atoms with E-state index in [1.807, 2.05) is 13.0 Å². The third-order valence-corrected chi connectivity index (χ3v) is 3.84. The van der Waals surface area contributed by atoms with Crippen molar-refractivity contribution in [2.45, 2.75) is 26.8 Å². The van der Waals surface area contributed by atoms with E-state index < -0.39 is 0 Å². The van der Waals surface area contributed by atoms with Crippen molar-refractivity contribution in [1.82, 2.24) is 5.32 Å². The molecule has 1 N–H and O–H groups in total. The van der Waals surface area contributed by atoms with Gasteiger partial charge in [-0.2, -0.15) is 0 Å². The number of benzene rings is 2. The first-order chi connectivity index (χ1) is 10.5. The highest BCUT2D eigenvalue weighted by Gasteiger charge is 2.10. The second-order valence-corrected chi connectivity index (χ2v) is 5.81. The predicted molar refractivity (Wildman–Crippen MR) is 89.4 cm³/mol. The smallest absolute Gasteiger partial charge is 0.258 e. The van der Waals surface area contributed by atoms with Crippen molar-refractivity contribution in [2.75, 3.05) is 6.61 Å². The highest BCUT2D eigenvalue weighted by atomic mass is 35.5. The summed E-state index contributed by atoms with van der Waals surface area (Å²) in [7, 11) is 0. The number of rotatable bonds is 5. The van der Waals surface area contributed by atoms with Crippen molar-refractivity contribution >= 4 is 17.5 Å². The first-order valence-corrected chi connectivity index (χ1v) is 7.58. The van der Waals surface area contributed by atoms with Crippen molar-refractivity contribution in [3.63, 3.8) is 0 Å². The van der Waals surface area contributed by atoms with Crippen LogP contribution in [0.5, 0.6) is 5.75 Å². The van der Waals surface area contributed by atoms with E-state index in [1.165, 1.54) is 11.1 Å². The van der Waals surface area contributed by atoms with E-state index in [1.54, 1.807) is 24.3 Å². The van der Waals surface area contributed by atoms with Crippen LogP contribution in [0, 0.1) is 13.8 Å². The Bertz CT molecular complexity index is 653. The molecule has 0 radical (unpaired) electrons. The zero-order valence-electron chi connectivity index (χ0n) is 13.0. The van der Waals surface area contributed by atoms with Gasteiger partial charge in [0.05, 0.1) is 6.04 Å². The lowest BCUT2D eigenvalue weighted by Crippen LogP contribution is -2.31. The first-order valence-electron chi connectivity index (χ1n) is 7.20. The van der Waals surface area contributed by atoms with Crippen molar-refractivity contribution in [2.24, 2.45) is 0 Å². The maximum Gasteiger partial charge on any atom is 0.258 e. The third-order valence-electron chi connectivity index (χ3n) is 3.59. The minimum Gasteiger partial charge on any atom is -0.484 e. The van der Waals surface area contributed by atoms with Crippen LogP contribution in [0.4, 0.5) is 0 Å². The molecule has 0 aromatic heterocycles. The molecular weight excluding hydrogens is 298 g/mol. The summed E-state index contributed by atoms with van der Waals surface area (Å²) in [6, 6.07) is 13.1. The van der Waals surface area contributed by atoms with Crippen LogP contribution in [-0.2, 0) is 4.79 Å². The number of ether oxygens (including phenoxy) is 1. The SMILES string of the molecule is Cc1ccc([C@H](C)NC(=O)COc2ccc(Cl)cc2)cc1C. The molecule has 0 bridgehead atoms. The molecule has 0 unspecified atom stereocenters. The molecular formula is C18H20ClNO2. The second-order valence-electron chi connectivity index (χ2n) is 5.38. The Kier molecular flexibility index (Phi) is 5.45. The molecule has 0 aliphatic heterocycles. The van der Waals surface area contributed by atoms with Crippen LogP contribution < -0.4 is 10.1 Å². The van der Waals surface area contributed by atoms with Gasteiger partial charge in [-0.1, -0.05) is 29.8 Å². The molecule has 1 atom stereocenters. The van der Waals surface area contributed by atoms with Crippen molar-refractivity contribution in [3.8, 4) is 5.75 Å². The van der Waals surface area contributed by atoms with Gasteiger partial charge in [-0.05, 0) is 61.7 Å². The molecule has 0 saturated heterocycles. The number of carbonyl (C=O) groups is 1. The fraction of sp³-hybridized carbons (Fsp3) is 0.278. The van der Waals surface area contributed by atoms with E-state index >= 15 is 0 Å². The lowest BCUT2D eigenvalue weighted by atomic mass is 10.0. The average molecular weight is 318 g/mol. The summed E-state index contributed by atoms with van der Waals surface area (Å²) < 4.78 is 5.43. The van der Waals surface area contributed by atoms with E-state index in [9.17, 15) is 4.79 Å². The number of carbonyl (C=O) groups excluding carboxylic acids is 1. The van der Waals surface area contributed by atoms with Crippen LogP contribution in [0.25, 0.3) is 0 Å². The number of nitrogens with one attached hydrogen (secondary N) is 1. The summed E-state index contributed by atoms with van der Waals surface area (Å²) in [5, 5.41) is 3.57. The molecule has 0 aliphatic rings. The molecule has 22 heavy (non-hydrogen) atoms. The molecule has 0 heterocycles. The fourth-order valence-electron chi connectivity index (χ4n) is 2.08. The lowest BCUT2D eigenvalue weighted by molar-refractivity contribution is -0.123. The standard InChI is InChI=1S/C18H20ClNO2/c1-12-4-5-15(10-13(12)2)14(3)20-18(21)11-22-17-8-6-16(19)7-9-17/h4-10,14H,11H2,1-3H3,(H,20,21)/t14-/m0/s1. The second kappa shape index (κ2) is 7.32. The minimum atomic E-state index is -0.152. The summed E-state index contributed by atoms with van der Waals surface area (Å²) in [5.74, 6) is 0.471. The van der Waals surface area contributed by atoms with Gasteiger partial charge in [-0.15, -0.1) is 0 Å². The van der Waals surface area contributed by atoms with E-state index in [-0.39, 0.29) is 18.6 Å². The van der Waals surface area contributed by atoms with Gasteiger partial charge in [-0.3, -0.25) is 4.79 Å². The molecule has 0 fully saturated rings. The third kappa shape index (κ3) is 4.50. The van der Waals surface area contributed by atoms with Crippen LogP contribution in [0.15, 0.2) is 42.5 Å². The minimum absolute atomic E-state index is 0.0170. The first kappa shape index (κ1) is 16.4. The molecule has 0 saturated carbocycles. The summed E-state index contributed by atoms with van der Waals surface area (Å²) >= 11 is 5.80.